The van der Waals surface area contributed by atoms with Crippen molar-refractivity contribution in [2.75, 3.05) is 6.61 Å². The Labute approximate surface area is 135 Å². The van der Waals surface area contributed by atoms with Gasteiger partial charge < -0.3 is 10.1 Å². The number of carbonyl (C=O) groups excluding carboxylic acids is 1. The highest BCUT2D eigenvalue weighted by Crippen LogP contribution is 2.16. The Morgan fingerprint density at radius 1 is 1.22 bits per heavy atom. The van der Waals surface area contributed by atoms with Crippen molar-refractivity contribution >= 4 is 12.0 Å². The third-order valence-electron chi connectivity index (χ3n) is 3.27. The molecule has 23 heavy (non-hydrogen) atoms. The molecule has 0 aromatic heterocycles. The van der Waals surface area contributed by atoms with Crippen LogP contribution in [0.5, 0.6) is 5.75 Å². The fourth-order valence-electron chi connectivity index (χ4n) is 2.01. The van der Waals surface area contributed by atoms with Crippen LogP contribution in [-0.4, -0.2) is 18.6 Å². The highest BCUT2D eigenvalue weighted by Gasteiger charge is 2.06. The molecule has 0 radical (unpaired) electrons. The van der Waals surface area contributed by atoms with Crippen LogP contribution in [0.15, 0.2) is 54.6 Å². The number of hydrogen-bond acceptors (Lipinski definition) is 2. The van der Waals surface area contributed by atoms with Crippen molar-refractivity contribution in [3.63, 3.8) is 0 Å². The zero-order chi connectivity index (χ0) is 16.7. The third kappa shape index (κ3) is 5.58. The first-order valence-corrected chi connectivity index (χ1v) is 7.47. The van der Waals surface area contributed by atoms with Crippen molar-refractivity contribution in [3.8, 4) is 5.75 Å². The fraction of sp³-hybridized carbons (Fsp3) is 0.211. The molecule has 120 valence electrons. The number of benzene rings is 2. The Bertz CT molecular complexity index is 680. The van der Waals surface area contributed by atoms with Gasteiger partial charge in [0, 0.05) is 6.08 Å². The predicted octanol–water partition coefficient (Wildman–Crippen LogP) is 3.73. The minimum absolute atomic E-state index is 0.125. The zero-order valence-electron chi connectivity index (χ0n) is 13.3. The fourth-order valence-corrected chi connectivity index (χ4v) is 2.01. The van der Waals surface area contributed by atoms with E-state index in [2.05, 4.69) is 5.32 Å². The molecule has 0 fully saturated rings. The van der Waals surface area contributed by atoms with Gasteiger partial charge in [-0.15, -0.1) is 0 Å². The Kier molecular flexibility index (Phi) is 5.92. The Morgan fingerprint density at radius 2 is 1.91 bits per heavy atom. The van der Waals surface area contributed by atoms with Gasteiger partial charge in [0.25, 0.3) is 0 Å². The summed E-state index contributed by atoms with van der Waals surface area (Å²) in [4.78, 5) is 11.8. The lowest BCUT2D eigenvalue weighted by Crippen LogP contribution is -2.35. The summed E-state index contributed by atoms with van der Waals surface area (Å²) in [6.07, 6.45) is 3.07. The van der Waals surface area contributed by atoms with E-state index < -0.39 is 0 Å². The van der Waals surface area contributed by atoms with Crippen molar-refractivity contribution < 1.29 is 13.9 Å². The Balaban J connectivity index is 1.80. The zero-order valence-corrected chi connectivity index (χ0v) is 13.3. The van der Waals surface area contributed by atoms with Crippen LogP contribution in [0.3, 0.4) is 0 Å². The van der Waals surface area contributed by atoms with E-state index in [9.17, 15) is 9.18 Å². The molecule has 3 nitrogen and oxygen atoms in total. The number of aryl methyl sites for hydroxylation is 1. The van der Waals surface area contributed by atoms with Crippen LogP contribution < -0.4 is 10.1 Å². The second kappa shape index (κ2) is 8.13. The predicted molar refractivity (Wildman–Crippen MR) is 89.7 cm³/mol. The number of hydrogen-bond donors (Lipinski definition) is 1. The average molecular weight is 313 g/mol. The summed E-state index contributed by atoms with van der Waals surface area (Å²) >= 11 is 0. The minimum atomic E-state index is -0.298. The summed E-state index contributed by atoms with van der Waals surface area (Å²) in [6, 6.07) is 13.6. The van der Waals surface area contributed by atoms with Gasteiger partial charge >= 0.3 is 0 Å². The van der Waals surface area contributed by atoms with Gasteiger partial charge in [0.1, 0.15) is 18.2 Å². The van der Waals surface area contributed by atoms with Gasteiger partial charge in [-0.3, -0.25) is 4.79 Å². The largest absolute Gasteiger partial charge is 0.491 e. The van der Waals surface area contributed by atoms with Gasteiger partial charge in [0.15, 0.2) is 0 Å². The van der Waals surface area contributed by atoms with E-state index in [-0.39, 0.29) is 17.8 Å². The highest BCUT2D eigenvalue weighted by molar-refractivity contribution is 5.91. The smallest absolute Gasteiger partial charge is 0.244 e. The Hall–Kier alpha value is -2.62. The lowest BCUT2D eigenvalue weighted by atomic mass is 10.2. The standard InChI is InChI=1S/C19H20FNO2/c1-14-5-3-4-6-18(14)23-13-15(2)21-19(22)12-9-16-7-10-17(20)11-8-16/h3-12,15H,13H2,1-2H3,(H,21,22)/b12-9+/t15-/m0/s1. The van der Waals surface area contributed by atoms with E-state index in [0.717, 1.165) is 16.9 Å². The van der Waals surface area contributed by atoms with E-state index in [1.54, 1.807) is 18.2 Å². The van der Waals surface area contributed by atoms with Crippen LogP contribution in [0.1, 0.15) is 18.1 Å². The van der Waals surface area contributed by atoms with Gasteiger partial charge in [-0.05, 0) is 49.2 Å². The molecule has 0 aliphatic rings. The van der Waals surface area contributed by atoms with Crippen LogP contribution in [-0.2, 0) is 4.79 Å². The van der Waals surface area contributed by atoms with Gasteiger partial charge in [-0.25, -0.2) is 4.39 Å². The molecule has 0 saturated carbocycles. The van der Waals surface area contributed by atoms with Crippen LogP contribution in [0.25, 0.3) is 6.08 Å². The molecule has 1 amide bonds. The van der Waals surface area contributed by atoms with Crippen molar-refractivity contribution in [1.29, 1.82) is 0 Å². The summed E-state index contributed by atoms with van der Waals surface area (Å²) in [6.45, 7) is 4.24. The molecule has 0 saturated heterocycles. The number of halogens is 1. The molecule has 0 bridgehead atoms. The summed E-state index contributed by atoms with van der Waals surface area (Å²) in [5, 5.41) is 2.83. The first kappa shape index (κ1) is 16.7. The second-order valence-electron chi connectivity index (χ2n) is 5.37. The average Bonchev–Trinajstić information content (AvgIpc) is 2.53. The van der Waals surface area contributed by atoms with E-state index in [1.165, 1.54) is 18.2 Å². The number of rotatable bonds is 6. The molecule has 0 unspecified atom stereocenters. The molecule has 0 aliphatic carbocycles. The number of amides is 1. The van der Waals surface area contributed by atoms with Crippen LogP contribution in [0.4, 0.5) is 4.39 Å². The van der Waals surface area contributed by atoms with Crippen molar-refractivity contribution in [1.82, 2.24) is 5.32 Å². The van der Waals surface area contributed by atoms with Crippen molar-refractivity contribution in [3.05, 3.63) is 71.6 Å². The highest BCUT2D eigenvalue weighted by atomic mass is 19.1. The maximum Gasteiger partial charge on any atom is 0.244 e. The van der Waals surface area contributed by atoms with Crippen molar-refractivity contribution in [2.24, 2.45) is 0 Å². The molecule has 2 aromatic carbocycles. The molecular weight excluding hydrogens is 293 g/mol. The second-order valence-corrected chi connectivity index (χ2v) is 5.37. The third-order valence-corrected chi connectivity index (χ3v) is 3.27. The topological polar surface area (TPSA) is 38.3 Å². The summed E-state index contributed by atoms with van der Waals surface area (Å²) in [5.41, 5.74) is 1.83. The summed E-state index contributed by atoms with van der Waals surface area (Å²) in [7, 11) is 0. The maximum atomic E-state index is 12.8. The van der Waals surface area contributed by atoms with Crippen molar-refractivity contribution in [2.45, 2.75) is 19.9 Å². The molecule has 0 aliphatic heterocycles. The van der Waals surface area contributed by atoms with Gasteiger partial charge in [-0.2, -0.15) is 0 Å². The first-order chi connectivity index (χ1) is 11.0. The normalized spacial score (nSPS) is 12.1. The van der Waals surface area contributed by atoms with Crippen LogP contribution in [0.2, 0.25) is 0 Å². The molecular formula is C19H20FNO2. The monoisotopic (exact) mass is 313 g/mol. The molecule has 1 atom stereocenters. The number of para-hydroxylation sites is 1. The minimum Gasteiger partial charge on any atom is -0.491 e. The maximum absolute atomic E-state index is 12.8. The SMILES string of the molecule is Cc1ccccc1OC[C@H](C)NC(=O)/C=C/c1ccc(F)cc1. The quantitative estimate of drug-likeness (QED) is 0.825. The number of ether oxygens (including phenoxy) is 1. The summed E-state index contributed by atoms with van der Waals surface area (Å²) in [5.74, 6) is 0.305. The molecule has 0 heterocycles. The lowest BCUT2D eigenvalue weighted by molar-refractivity contribution is -0.117. The Morgan fingerprint density at radius 3 is 2.61 bits per heavy atom. The number of carbonyl (C=O) groups is 1. The molecule has 2 aromatic rings. The first-order valence-electron chi connectivity index (χ1n) is 7.47. The van der Waals surface area contributed by atoms with Crippen LogP contribution >= 0.6 is 0 Å². The molecule has 4 heteroatoms. The summed E-state index contributed by atoms with van der Waals surface area (Å²) < 4.78 is 18.5. The molecule has 2 rings (SSSR count). The number of nitrogens with one attached hydrogen (secondary N) is 1. The van der Waals surface area contributed by atoms with Gasteiger partial charge in [-0.1, -0.05) is 30.3 Å². The lowest BCUT2D eigenvalue weighted by Gasteiger charge is -2.15. The molecule has 1 N–H and O–H groups in total. The van der Waals surface area contributed by atoms with E-state index in [0.29, 0.717) is 6.61 Å². The van der Waals surface area contributed by atoms with Gasteiger partial charge in [0.05, 0.1) is 6.04 Å². The van der Waals surface area contributed by atoms with Crippen LogP contribution in [0, 0.1) is 12.7 Å². The van der Waals surface area contributed by atoms with Gasteiger partial charge in [0.2, 0.25) is 5.91 Å². The molecule has 0 spiro atoms. The van der Waals surface area contributed by atoms with E-state index in [1.807, 2.05) is 38.1 Å². The van der Waals surface area contributed by atoms with E-state index in [4.69, 9.17) is 4.74 Å². The van der Waals surface area contributed by atoms with E-state index >= 15 is 0 Å².